The molecule has 0 aliphatic heterocycles. The van der Waals surface area contributed by atoms with Crippen LogP contribution in [0.25, 0.3) is 0 Å². The Morgan fingerprint density at radius 1 is 1.38 bits per heavy atom. The van der Waals surface area contributed by atoms with Crippen molar-refractivity contribution >= 4 is 21.4 Å². The average molecular weight is 444 g/mol. The summed E-state index contributed by atoms with van der Waals surface area (Å²) in [5.74, 6) is -1.90. The molecule has 0 saturated heterocycles. The molecule has 0 amide bonds. The first-order valence-electron chi connectivity index (χ1n) is 8.48. The van der Waals surface area contributed by atoms with Gasteiger partial charge in [-0.05, 0) is 13.0 Å². The van der Waals surface area contributed by atoms with Gasteiger partial charge in [0, 0.05) is 30.3 Å². The number of hydrogen-bond donors (Lipinski definition) is 1. The minimum atomic E-state index is -4.12. The number of thiazole rings is 1. The van der Waals surface area contributed by atoms with Gasteiger partial charge < -0.3 is 5.11 Å². The van der Waals surface area contributed by atoms with Crippen molar-refractivity contribution in [1.82, 2.24) is 24.1 Å². The fourth-order valence-electron chi connectivity index (χ4n) is 2.96. The summed E-state index contributed by atoms with van der Waals surface area (Å²) in [6, 6.07) is 2.60. The third-order valence-corrected chi connectivity index (χ3v) is 7.71. The number of nitrogens with zero attached hydrogens (tertiary/aromatic N) is 5. The lowest BCUT2D eigenvalue weighted by atomic mass is 9.90. The third-order valence-electron chi connectivity index (χ3n) is 4.66. The molecule has 0 unspecified atom stereocenters. The van der Waals surface area contributed by atoms with E-state index in [1.807, 2.05) is 0 Å². The number of hydrogen-bond acceptors (Lipinski definition) is 7. The van der Waals surface area contributed by atoms with E-state index in [4.69, 9.17) is 0 Å². The molecule has 2 atom stereocenters. The highest BCUT2D eigenvalue weighted by Crippen LogP contribution is 2.34. The Bertz CT molecular complexity index is 1060. The first-order valence-corrected chi connectivity index (χ1v) is 10.9. The third kappa shape index (κ3) is 4.34. The first-order chi connectivity index (χ1) is 13.6. The van der Waals surface area contributed by atoms with E-state index in [1.165, 1.54) is 42.6 Å². The van der Waals surface area contributed by atoms with E-state index in [-0.39, 0.29) is 12.1 Å². The van der Waals surface area contributed by atoms with E-state index >= 15 is 0 Å². The zero-order valence-corrected chi connectivity index (χ0v) is 17.2. The van der Waals surface area contributed by atoms with Crippen molar-refractivity contribution in [3.05, 3.63) is 64.6 Å². The zero-order valence-electron chi connectivity index (χ0n) is 15.6. The number of sulfonamides is 1. The van der Waals surface area contributed by atoms with Gasteiger partial charge in [0.15, 0.2) is 0 Å². The maximum atomic E-state index is 14.6. The summed E-state index contributed by atoms with van der Waals surface area (Å²) in [5.41, 5.74) is -2.60. The van der Waals surface area contributed by atoms with Crippen molar-refractivity contribution in [2.24, 2.45) is 0 Å². The quantitative estimate of drug-likeness (QED) is 0.569. The highest BCUT2D eigenvalue weighted by molar-refractivity contribution is 7.89. The van der Waals surface area contributed by atoms with Crippen molar-refractivity contribution in [2.75, 3.05) is 7.05 Å². The van der Waals surface area contributed by atoms with Crippen LogP contribution in [0.5, 0.6) is 0 Å². The van der Waals surface area contributed by atoms with Crippen LogP contribution in [0.4, 0.5) is 8.78 Å². The first kappa shape index (κ1) is 21.4. The molecule has 0 radical (unpaired) electrons. The summed E-state index contributed by atoms with van der Waals surface area (Å²) in [4.78, 5) is 7.82. The Kier molecular flexibility index (Phi) is 6.08. The molecule has 0 fully saturated rings. The van der Waals surface area contributed by atoms with Crippen molar-refractivity contribution in [3.8, 4) is 0 Å². The predicted molar refractivity (Wildman–Crippen MR) is 102 cm³/mol. The van der Waals surface area contributed by atoms with Crippen molar-refractivity contribution in [3.63, 3.8) is 0 Å². The van der Waals surface area contributed by atoms with Crippen LogP contribution in [-0.2, 0) is 28.7 Å². The van der Waals surface area contributed by atoms with Gasteiger partial charge in [-0.25, -0.2) is 31.8 Å². The van der Waals surface area contributed by atoms with Crippen LogP contribution in [0.1, 0.15) is 17.5 Å². The highest BCUT2D eigenvalue weighted by atomic mass is 32.2. The molecule has 2 heterocycles. The van der Waals surface area contributed by atoms with Gasteiger partial charge in [-0.15, -0.1) is 11.3 Å². The fraction of sp³-hybridized carbons (Fsp3) is 0.353. The maximum Gasteiger partial charge on any atom is 0.220 e. The van der Waals surface area contributed by atoms with Gasteiger partial charge in [0.1, 0.15) is 40.1 Å². The molecule has 29 heavy (non-hydrogen) atoms. The van der Waals surface area contributed by atoms with Crippen LogP contribution in [0.2, 0.25) is 0 Å². The Balaban J connectivity index is 2.02. The minimum absolute atomic E-state index is 0.00432. The summed E-state index contributed by atoms with van der Waals surface area (Å²) in [6.07, 6.45) is 4.03. The molecule has 3 aromatic rings. The van der Waals surface area contributed by atoms with E-state index in [1.54, 1.807) is 11.6 Å². The van der Waals surface area contributed by atoms with Crippen LogP contribution in [0.15, 0.2) is 42.4 Å². The molecule has 1 aromatic carbocycles. The van der Waals surface area contributed by atoms with E-state index in [0.717, 1.165) is 16.4 Å². The smallest absolute Gasteiger partial charge is 0.220 e. The zero-order chi connectivity index (χ0) is 21.2. The Morgan fingerprint density at radius 2 is 2.14 bits per heavy atom. The second-order valence-corrected chi connectivity index (χ2v) is 9.85. The predicted octanol–water partition coefficient (Wildman–Crippen LogP) is 1.75. The fourth-order valence-corrected chi connectivity index (χ4v) is 5.25. The summed E-state index contributed by atoms with van der Waals surface area (Å²) in [7, 11) is -2.77. The largest absolute Gasteiger partial charge is 0.382 e. The van der Waals surface area contributed by atoms with Gasteiger partial charge in [-0.1, -0.05) is 6.07 Å². The van der Waals surface area contributed by atoms with Crippen LogP contribution in [0.3, 0.4) is 0 Å². The molecule has 0 bridgehead atoms. The molecule has 0 saturated carbocycles. The molecule has 3 rings (SSSR count). The summed E-state index contributed by atoms with van der Waals surface area (Å²) in [6.45, 7) is 0.865. The van der Waals surface area contributed by atoms with Crippen LogP contribution >= 0.6 is 11.3 Å². The average Bonchev–Trinajstić information content (AvgIpc) is 3.34. The molecular formula is C17H19F2N5O3S2. The van der Waals surface area contributed by atoms with E-state index in [0.29, 0.717) is 11.1 Å². The Hall–Kier alpha value is -2.28. The second-order valence-electron chi connectivity index (χ2n) is 6.51. The minimum Gasteiger partial charge on any atom is -0.382 e. The van der Waals surface area contributed by atoms with Gasteiger partial charge in [-0.2, -0.15) is 9.40 Å². The van der Waals surface area contributed by atoms with Crippen LogP contribution in [0, 0.1) is 11.6 Å². The lowest BCUT2D eigenvalue weighted by molar-refractivity contribution is 0.00970. The summed E-state index contributed by atoms with van der Waals surface area (Å²) < 4.78 is 56.6. The molecule has 1 N–H and O–H groups in total. The van der Waals surface area contributed by atoms with E-state index in [9.17, 15) is 22.3 Å². The van der Waals surface area contributed by atoms with Crippen LogP contribution in [-0.4, -0.2) is 49.9 Å². The maximum absolute atomic E-state index is 14.6. The van der Waals surface area contributed by atoms with Crippen LogP contribution < -0.4 is 0 Å². The lowest BCUT2D eigenvalue weighted by Crippen LogP contribution is -2.50. The number of aromatic nitrogens is 4. The Morgan fingerprint density at radius 3 is 2.72 bits per heavy atom. The number of rotatable bonds is 8. The molecular weight excluding hydrogens is 424 g/mol. The van der Waals surface area contributed by atoms with Gasteiger partial charge in [0.05, 0.1) is 13.1 Å². The summed E-state index contributed by atoms with van der Waals surface area (Å²) >= 11 is 1.29. The molecule has 12 heteroatoms. The number of benzene rings is 1. The molecule has 0 aliphatic rings. The highest BCUT2D eigenvalue weighted by Gasteiger charge is 2.47. The number of aliphatic hydroxyl groups is 1. The molecule has 0 aliphatic carbocycles. The van der Waals surface area contributed by atoms with Crippen molar-refractivity contribution < 1.29 is 22.3 Å². The Labute approximate surface area is 170 Å². The van der Waals surface area contributed by atoms with Crippen molar-refractivity contribution in [1.29, 1.82) is 0 Å². The molecule has 0 spiro atoms. The molecule has 156 valence electrons. The lowest BCUT2D eigenvalue weighted by Gasteiger charge is -2.36. The molecule has 8 nitrogen and oxygen atoms in total. The normalized spacial score (nSPS) is 15.4. The monoisotopic (exact) mass is 443 g/mol. The molecule has 2 aromatic heterocycles. The van der Waals surface area contributed by atoms with E-state index in [2.05, 4.69) is 15.1 Å². The van der Waals surface area contributed by atoms with E-state index < -0.39 is 39.1 Å². The summed E-state index contributed by atoms with van der Waals surface area (Å²) in [5, 5.41) is 16.1. The van der Waals surface area contributed by atoms with Crippen molar-refractivity contribution in [2.45, 2.75) is 30.9 Å². The van der Waals surface area contributed by atoms with Gasteiger partial charge in [0.2, 0.25) is 10.0 Å². The van der Waals surface area contributed by atoms with Gasteiger partial charge >= 0.3 is 0 Å². The second kappa shape index (κ2) is 8.22. The van der Waals surface area contributed by atoms with Gasteiger partial charge in [0.25, 0.3) is 0 Å². The van der Waals surface area contributed by atoms with Gasteiger partial charge in [-0.3, -0.25) is 0 Å². The number of halogens is 2. The standard InChI is InChI=1S/C17H19F2N5O3S2/c1-12(29(26,27)23(2)8-16-21-5-6-28-16)17(25,9-24-11-20-10-22-24)14-4-3-13(18)7-15(14)19/h3-7,10-12,25H,8-9H2,1-2H3/t12-,17-/m1/s1. The SMILES string of the molecule is C[C@H]([C@](O)(Cn1cncn1)c1ccc(F)cc1F)S(=O)(=O)N(C)Cc1nccs1. The topological polar surface area (TPSA) is 101 Å².